The lowest BCUT2D eigenvalue weighted by atomic mass is 10.4. The van der Waals surface area contributed by atoms with Crippen molar-refractivity contribution in [3.8, 4) is 0 Å². The van der Waals surface area contributed by atoms with Crippen molar-refractivity contribution < 1.29 is 10.0 Å². The van der Waals surface area contributed by atoms with Gasteiger partial charge in [0.05, 0.1) is 12.6 Å². The summed E-state index contributed by atoms with van der Waals surface area (Å²) in [6, 6.07) is 0. The van der Waals surface area contributed by atoms with Crippen LogP contribution >= 0.6 is 15.9 Å². The number of nitro groups is 1. The van der Waals surface area contributed by atoms with Crippen molar-refractivity contribution in [1.82, 2.24) is 9.55 Å². The van der Waals surface area contributed by atoms with E-state index < -0.39 is 11.0 Å². The van der Waals surface area contributed by atoms with Gasteiger partial charge in [0, 0.05) is 5.33 Å². The van der Waals surface area contributed by atoms with Crippen molar-refractivity contribution in [2.24, 2.45) is 0 Å². The number of hydrogen-bond acceptors (Lipinski definition) is 4. The molecule has 1 rings (SSSR count). The van der Waals surface area contributed by atoms with Gasteiger partial charge in [0.15, 0.2) is 0 Å². The van der Waals surface area contributed by atoms with Crippen LogP contribution in [0.4, 0.5) is 5.82 Å². The molecule has 1 unspecified atom stereocenters. The van der Waals surface area contributed by atoms with Crippen LogP contribution in [0, 0.1) is 10.1 Å². The number of aliphatic hydroxyl groups is 1. The van der Waals surface area contributed by atoms with Crippen LogP contribution in [0.3, 0.4) is 0 Å². The van der Waals surface area contributed by atoms with E-state index in [2.05, 4.69) is 20.9 Å². The van der Waals surface area contributed by atoms with Crippen LogP contribution in [0.25, 0.3) is 0 Å². The topological polar surface area (TPSA) is 81.2 Å². The molecule has 1 aromatic rings. The first kappa shape index (κ1) is 10.1. The number of aromatic nitrogens is 2. The van der Waals surface area contributed by atoms with Gasteiger partial charge in [-0.3, -0.25) is 0 Å². The molecule has 1 N–H and O–H groups in total. The van der Waals surface area contributed by atoms with Crippen molar-refractivity contribution in [2.75, 3.05) is 5.33 Å². The summed E-state index contributed by atoms with van der Waals surface area (Å²) >= 11 is 3.09. The van der Waals surface area contributed by atoms with Crippen LogP contribution < -0.4 is 0 Å². The molecule has 7 heteroatoms. The Morgan fingerprint density at radius 3 is 3.00 bits per heavy atom. The molecule has 0 bridgehead atoms. The molecule has 6 nitrogen and oxygen atoms in total. The molecule has 0 saturated carbocycles. The molecule has 0 aliphatic heterocycles. The Kier molecular flexibility index (Phi) is 3.38. The Bertz CT molecular complexity index is 301. The lowest BCUT2D eigenvalue weighted by molar-refractivity contribution is -0.389. The molecular formula is C6H8BrN3O3. The maximum Gasteiger partial charge on any atom is 0.381 e. The van der Waals surface area contributed by atoms with E-state index in [0.29, 0.717) is 11.9 Å². The molecule has 0 saturated heterocycles. The summed E-state index contributed by atoms with van der Waals surface area (Å²) in [7, 11) is 0. The van der Waals surface area contributed by atoms with E-state index in [9.17, 15) is 15.2 Å². The first-order chi connectivity index (χ1) is 6.13. The van der Waals surface area contributed by atoms with Crippen LogP contribution in [-0.4, -0.2) is 31.0 Å². The van der Waals surface area contributed by atoms with Gasteiger partial charge in [-0.15, -0.1) is 0 Å². The summed E-state index contributed by atoms with van der Waals surface area (Å²) in [5.74, 6) is -0.207. The molecule has 0 fully saturated rings. The van der Waals surface area contributed by atoms with E-state index in [-0.39, 0.29) is 5.82 Å². The highest BCUT2D eigenvalue weighted by molar-refractivity contribution is 9.09. The highest BCUT2D eigenvalue weighted by Gasteiger charge is 2.11. The third-order valence-electron chi connectivity index (χ3n) is 1.41. The van der Waals surface area contributed by atoms with Gasteiger partial charge in [-0.2, -0.15) is 0 Å². The van der Waals surface area contributed by atoms with E-state index in [1.54, 1.807) is 0 Å². The normalized spacial score (nSPS) is 12.8. The van der Waals surface area contributed by atoms with E-state index in [1.807, 2.05) is 0 Å². The first-order valence-corrected chi connectivity index (χ1v) is 4.66. The second-order valence-electron chi connectivity index (χ2n) is 2.49. The van der Waals surface area contributed by atoms with Gasteiger partial charge in [-0.1, -0.05) is 15.9 Å². The summed E-state index contributed by atoms with van der Waals surface area (Å²) in [6.07, 6.45) is 2.05. The van der Waals surface area contributed by atoms with Crippen molar-refractivity contribution in [2.45, 2.75) is 12.6 Å². The zero-order chi connectivity index (χ0) is 9.84. The molecule has 0 aromatic carbocycles. The van der Waals surface area contributed by atoms with Crippen LogP contribution in [0.5, 0.6) is 0 Å². The molecule has 0 aliphatic carbocycles. The quantitative estimate of drug-likeness (QED) is 0.480. The zero-order valence-corrected chi connectivity index (χ0v) is 8.22. The standard InChI is InChI=1S/C6H8BrN3O3/c7-1-5(11)2-9-3-6(8-4-9)10(12)13/h3-5,11H,1-2H2. The molecule has 0 amide bonds. The smallest absolute Gasteiger partial charge is 0.381 e. The minimum absolute atomic E-state index is 0.207. The number of alkyl halides is 1. The van der Waals surface area contributed by atoms with Gasteiger partial charge in [0.2, 0.25) is 6.33 Å². The SMILES string of the molecule is O=[N+]([O-])c1cn(CC(O)CBr)cn1. The van der Waals surface area contributed by atoms with Gasteiger partial charge in [-0.25, -0.2) is 0 Å². The van der Waals surface area contributed by atoms with Gasteiger partial charge in [0.25, 0.3) is 0 Å². The molecule has 1 atom stereocenters. The predicted octanol–water partition coefficient (Wildman–Crippen LogP) is 0.547. The molecular weight excluding hydrogens is 242 g/mol. The first-order valence-electron chi connectivity index (χ1n) is 3.53. The van der Waals surface area contributed by atoms with Crippen LogP contribution in [0.2, 0.25) is 0 Å². The summed E-state index contributed by atoms with van der Waals surface area (Å²) in [5.41, 5.74) is 0. The fraction of sp³-hybridized carbons (Fsp3) is 0.500. The maximum atomic E-state index is 10.2. The molecule has 0 radical (unpaired) electrons. The third-order valence-corrected chi connectivity index (χ3v) is 2.15. The number of aliphatic hydroxyl groups excluding tert-OH is 1. The molecule has 0 aliphatic rings. The molecule has 1 heterocycles. The number of halogens is 1. The summed E-state index contributed by atoms with van der Waals surface area (Å²) in [6.45, 7) is 0.298. The Hall–Kier alpha value is -0.950. The van der Waals surface area contributed by atoms with Gasteiger partial charge < -0.3 is 19.8 Å². The van der Waals surface area contributed by atoms with Crippen LogP contribution in [0.15, 0.2) is 12.5 Å². The van der Waals surface area contributed by atoms with Crippen LogP contribution in [-0.2, 0) is 6.54 Å². The Labute approximate surface area is 82.5 Å². The number of hydrogen-bond donors (Lipinski definition) is 1. The summed E-state index contributed by atoms with van der Waals surface area (Å²) < 4.78 is 1.48. The highest BCUT2D eigenvalue weighted by atomic mass is 79.9. The summed E-state index contributed by atoms with van der Waals surface area (Å²) in [4.78, 5) is 13.2. The molecule has 13 heavy (non-hydrogen) atoms. The largest absolute Gasteiger partial charge is 0.390 e. The van der Waals surface area contributed by atoms with Crippen molar-refractivity contribution in [3.63, 3.8) is 0 Å². The molecule has 1 aromatic heterocycles. The Balaban J connectivity index is 2.64. The van der Waals surface area contributed by atoms with E-state index in [0.717, 1.165) is 0 Å². The van der Waals surface area contributed by atoms with E-state index in [4.69, 9.17) is 0 Å². The lowest BCUT2D eigenvalue weighted by Crippen LogP contribution is -2.15. The zero-order valence-electron chi connectivity index (χ0n) is 6.63. The monoisotopic (exact) mass is 249 g/mol. The predicted molar refractivity (Wildman–Crippen MR) is 48.7 cm³/mol. The van der Waals surface area contributed by atoms with Crippen molar-refractivity contribution in [3.05, 3.63) is 22.6 Å². The second-order valence-corrected chi connectivity index (χ2v) is 3.14. The number of imidazole rings is 1. The molecule has 72 valence electrons. The number of nitrogens with zero attached hydrogens (tertiary/aromatic N) is 3. The average molecular weight is 250 g/mol. The van der Waals surface area contributed by atoms with Gasteiger partial charge >= 0.3 is 5.82 Å². The van der Waals surface area contributed by atoms with E-state index in [1.165, 1.54) is 17.1 Å². The lowest BCUT2D eigenvalue weighted by Gasteiger charge is -2.04. The van der Waals surface area contributed by atoms with Gasteiger partial charge in [-0.05, 0) is 9.91 Å². The maximum absolute atomic E-state index is 10.2. The van der Waals surface area contributed by atoms with Crippen LogP contribution in [0.1, 0.15) is 0 Å². The highest BCUT2D eigenvalue weighted by Crippen LogP contribution is 2.06. The third kappa shape index (κ3) is 2.78. The minimum atomic E-state index is -0.572. The van der Waals surface area contributed by atoms with Crippen molar-refractivity contribution >= 4 is 21.7 Å². The Morgan fingerprint density at radius 1 is 1.85 bits per heavy atom. The Morgan fingerprint density at radius 2 is 2.54 bits per heavy atom. The fourth-order valence-corrected chi connectivity index (χ4v) is 1.04. The average Bonchev–Trinajstić information content (AvgIpc) is 2.52. The minimum Gasteiger partial charge on any atom is -0.390 e. The van der Waals surface area contributed by atoms with Crippen molar-refractivity contribution in [1.29, 1.82) is 0 Å². The van der Waals surface area contributed by atoms with Gasteiger partial charge in [0.1, 0.15) is 6.20 Å². The fourth-order valence-electron chi connectivity index (χ4n) is 0.835. The van der Waals surface area contributed by atoms with E-state index >= 15 is 0 Å². The number of rotatable bonds is 4. The molecule has 0 spiro atoms. The summed E-state index contributed by atoms with van der Waals surface area (Å²) in [5, 5.41) is 19.9. The second kappa shape index (κ2) is 4.33.